The molecular formula is C11H10BNO. The second kappa shape index (κ2) is 4.14. The number of fused-ring (bicyclic) bond motifs is 1. The van der Waals surface area contributed by atoms with Gasteiger partial charge >= 0.3 is 0 Å². The number of ether oxygens (including phenoxy) is 1. The first-order valence-electron chi connectivity index (χ1n) is 4.58. The normalized spacial score (nSPS) is 10.3. The van der Waals surface area contributed by atoms with Crippen LogP contribution < -0.4 is 4.74 Å². The fraction of sp³-hybridized carbons (Fsp3) is 0.182. The summed E-state index contributed by atoms with van der Waals surface area (Å²) >= 11 is 0. The molecule has 2 radical (unpaired) electrons. The Morgan fingerprint density at radius 1 is 1.21 bits per heavy atom. The first kappa shape index (κ1) is 9.07. The van der Waals surface area contributed by atoms with Crippen LogP contribution in [0.25, 0.3) is 10.9 Å². The molecule has 3 heteroatoms. The number of benzene rings is 1. The lowest BCUT2D eigenvalue weighted by atomic mass is 10.1. The van der Waals surface area contributed by atoms with E-state index in [0.717, 1.165) is 16.7 Å². The minimum atomic E-state index is 0.524. The van der Waals surface area contributed by atoms with Crippen LogP contribution in [0.2, 0.25) is 6.32 Å². The average molecular weight is 183 g/mol. The summed E-state index contributed by atoms with van der Waals surface area (Å²) in [5, 5.41) is 1.03. The van der Waals surface area contributed by atoms with Crippen molar-refractivity contribution in [2.24, 2.45) is 0 Å². The molecule has 0 aliphatic rings. The van der Waals surface area contributed by atoms with Crippen molar-refractivity contribution in [3.63, 3.8) is 0 Å². The van der Waals surface area contributed by atoms with Crippen LogP contribution in [0, 0.1) is 0 Å². The molecule has 0 saturated carbocycles. The summed E-state index contributed by atoms with van der Waals surface area (Å²) in [5.74, 6) is 0.848. The van der Waals surface area contributed by atoms with Gasteiger partial charge in [0.1, 0.15) is 5.75 Å². The van der Waals surface area contributed by atoms with E-state index in [4.69, 9.17) is 12.6 Å². The van der Waals surface area contributed by atoms with Crippen molar-refractivity contribution in [1.82, 2.24) is 4.98 Å². The summed E-state index contributed by atoms with van der Waals surface area (Å²) in [4.78, 5) is 4.24. The summed E-state index contributed by atoms with van der Waals surface area (Å²) < 4.78 is 5.50. The predicted octanol–water partition coefficient (Wildman–Crippen LogP) is 2.20. The lowest BCUT2D eigenvalue weighted by molar-refractivity contribution is 0.344. The van der Waals surface area contributed by atoms with Crippen molar-refractivity contribution >= 4 is 18.7 Å². The molecular weight excluding hydrogens is 173 g/mol. The molecule has 2 aromatic rings. The first-order chi connectivity index (χ1) is 6.92. The highest BCUT2D eigenvalue weighted by Crippen LogP contribution is 2.23. The number of rotatable bonds is 3. The van der Waals surface area contributed by atoms with E-state index >= 15 is 0 Å². The third-order valence-electron chi connectivity index (χ3n) is 1.98. The van der Waals surface area contributed by atoms with E-state index in [1.807, 2.05) is 30.3 Å². The monoisotopic (exact) mass is 183 g/mol. The van der Waals surface area contributed by atoms with E-state index in [-0.39, 0.29) is 0 Å². The Kier molecular flexibility index (Phi) is 2.68. The lowest BCUT2D eigenvalue weighted by Gasteiger charge is -2.06. The van der Waals surface area contributed by atoms with E-state index in [1.54, 1.807) is 6.20 Å². The van der Waals surface area contributed by atoms with E-state index in [1.165, 1.54) is 0 Å². The van der Waals surface area contributed by atoms with Crippen LogP contribution >= 0.6 is 0 Å². The van der Waals surface area contributed by atoms with Gasteiger partial charge in [-0.05, 0) is 18.2 Å². The van der Waals surface area contributed by atoms with Gasteiger partial charge in [-0.25, -0.2) is 0 Å². The highest BCUT2D eigenvalue weighted by atomic mass is 16.5. The number of pyridine rings is 1. The van der Waals surface area contributed by atoms with Gasteiger partial charge < -0.3 is 4.74 Å². The maximum absolute atomic E-state index is 5.50. The van der Waals surface area contributed by atoms with Gasteiger partial charge in [0.2, 0.25) is 0 Å². The largest absolute Gasteiger partial charge is 0.494 e. The van der Waals surface area contributed by atoms with Gasteiger partial charge in [-0.1, -0.05) is 18.5 Å². The standard InChI is InChI=1S/C11H10BNO/c12-6-8-14-11-5-7-13-10-4-2-1-3-9(10)11/h1-5,7H,6,8H2. The molecule has 0 amide bonds. The van der Waals surface area contributed by atoms with Crippen LogP contribution in [-0.2, 0) is 0 Å². The summed E-state index contributed by atoms with van der Waals surface area (Å²) in [5.41, 5.74) is 0.946. The second-order valence-electron chi connectivity index (χ2n) is 2.96. The van der Waals surface area contributed by atoms with Gasteiger partial charge in [-0.2, -0.15) is 0 Å². The maximum atomic E-state index is 5.50. The fourth-order valence-electron chi connectivity index (χ4n) is 1.36. The molecule has 68 valence electrons. The molecule has 0 atom stereocenters. The van der Waals surface area contributed by atoms with Crippen molar-refractivity contribution in [3.05, 3.63) is 36.5 Å². The molecule has 1 heterocycles. The van der Waals surface area contributed by atoms with E-state index in [9.17, 15) is 0 Å². The molecule has 0 fully saturated rings. The molecule has 0 aliphatic heterocycles. The Morgan fingerprint density at radius 2 is 2.07 bits per heavy atom. The highest BCUT2D eigenvalue weighted by molar-refractivity contribution is 6.08. The van der Waals surface area contributed by atoms with Crippen LogP contribution in [0.15, 0.2) is 36.5 Å². The van der Waals surface area contributed by atoms with Gasteiger partial charge in [-0.15, -0.1) is 0 Å². The molecule has 2 rings (SSSR count). The zero-order chi connectivity index (χ0) is 9.80. The average Bonchev–Trinajstić information content (AvgIpc) is 2.26. The number of nitrogens with zero attached hydrogens (tertiary/aromatic N) is 1. The summed E-state index contributed by atoms with van der Waals surface area (Å²) in [6.07, 6.45) is 2.27. The molecule has 0 saturated heterocycles. The first-order valence-corrected chi connectivity index (χ1v) is 4.58. The summed E-state index contributed by atoms with van der Waals surface area (Å²) in [7, 11) is 5.38. The van der Waals surface area contributed by atoms with Gasteiger partial charge in [0.15, 0.2) is 0 Å². The Hall–Kier alpha value is -1.51. The number of hydrogen-bond acceptors (Lipinski definition) is 2. The van der Waals surface area contributed by atoms with E-state index < -0.39 is 0 Å². The molecule has 1 aromatic carbocycles. The third kappa shape index (κ3) is 1.71. The van der Waals surface area contributed by atoms with Crippen LogP contribution in [0.1, 0.15) is 0 Å². The molecule has 0 unspecified atom stereocenters. The Labute approximate surface area is 84.3 Å². The highest BCUT2D eigenvalue weighted by Gasteiger charge is 2.00. The predicted molar refractivity (Wildman–Crippen MR) is 57.8 cm³/mol. The smallest absolute Gasteiger partial charge is 0.130 e. The molecule has 0 spiro atoms. The van der Waals surface area contributed by atoms with Crippen LogP contribution in [0.4, 0.5) is 0 Å². The minimum Gasteiger partial charge on any atom is -0.494 e. The SMILES string of the molecule is [B]CCOc1ccnc2ccccc12. The van der Waals surface area contributed by atoms with Crippen LogP contribution in [0.5, 0.6) is 5.75 Å². The number of aromatic nitrogens is 1. The Bertz CT molecular complexity index is 425. The molecule has 0 N–H and O–H groups in total. The van der Waals surface area contributed by atoms with Crippen molar-refractivity contribution in [1.29, 1.82) is 0 Å². The molecule has 1 aromatic heterocycles. The Balaban J connectivity index is 2.43. The van der Waals surface area contributed by atoms with Crippen molar-refractivity contribution in [2.45, 2.75) is 6.32 Å². The topological polar surface area (TPSA) is 22.1 Å². The molecule has 0 aliphatic carbocycles. The summed E-state index contributed by atoms with van der Waals surface area (Å²) in [6, 6.07) is 9.75. The zero-order valence-corrected chi connectivity index (χ0v) is 7.81. The quantitative estimate of drug-likeness (QED) is 0.680. The van der Waals surface area contributed by atoms with Gasteiger partial charge in [0.25, 0.3) is 0 Å². The van der Waals surface area contributed by atoms with Crippen molar-refractivity contribution in [2.75, 3.05) is 6.61 Å². The number of para-hydroxylation sites is 1. The second-order valence-corrected chi connectivity index (χ2v) is 2.96. The third-order valence-corrected chi connectivity index (χ3v) is 1.98. The van der Waals surface area contributed by atoms with Crippen molar-refractivity contribution < 1.29 is 4.74 Å². The fourth-order valence-corrected chi connectivity index (χ4v) is 1.36. The maximum Gasteiger partial charge on any atom is 0.130 e. The van der Waals surface area contributed by atoms with Crippen molar-refractivity contribution in [3.8, 4) is 5.75 Å². The minimum absolute atomic E-state index is 0.524. The Morgan fingerprint density at radius 3 is 2.93 bits per heavy atom. The molecule has 14 heavy (non-hydrogen) atoms. The van der Waals surface area contributed by atoms with Crippen LogP contribution in [0.3, 0.4) is 0 Å². The van der Waals surface area contributed by atoms with Gasteiger partial charge in [0.05, 0.1) is 20.0 Å². The van der Waals surface area contributed by atoms with E-state index in [0.29, 0.717) is 12.9 Å². The van der Waals surface area contributed by atoms with Gasteiger partial charge in [-0.3, -0.25) is 4.98 Å². The molecule has 2 nitrogen and oxygen atoms in total. The van der Waals surface area contributed by atoms with Gasteiger partial charge in [0, 0.05) is 11.6 Å². The summed E-state index contributed by atoms with van der Waals surface area (Å²) in [6.45, 7) is 0.536. The molecule has 0 bridgehead atoms. The van der Waals surface area contributed by atoms with Crippen LogP contribution in [-0.4, -0.2) is 19.4 Å². The number of hydrogen-bond donors (Lipinski definition) is 0. The van der Waals surface area contributed by atoms with E-state index in [2.05, 4.69) is 4.98 Å². The lowest BCUT2D eigenvalue weighted by Crippen LogP contribution is -1.96. The zero-order valence-electron chi connectivity index (χ0n) is 7.81.